The molecule has 0 aromatic heterocycles. The van der Waals surface area contributed by atoms with E-state index in [0.29, 0.717) is 29.7 Å². The minimum Gasteiger partial charge on any atom is -0.495 e. The molecule has 1 fully saturated rings. The molecule has 1 heterocycles. The van der Waals surface area contributed by atoms with Crippen molar-refractivity contribution in [2.24, 2.45) is 5.73 Å². The number of methoxy groups -OCH3 is 1. The van der Waals surface area contributed by atoms with Gasteiger partial charge in [0.2, 0.25) is 10.0 Å². The highest BCUT2D eigenvalue weighted by molar-refractivity contribution is 9.10. The molecule has 106 valence electrons. The number of hydrogen-bond donors (Lipinski definition) is 1. The molecule has 5 nitrogen and oxygen atoms in total. The van der Waals surface area contributed by atoms with Crippen LogP contribution in [0.4, 0.5) is 0 Å². The first-order valence-corrected chi connectivity index (χ1v) is 8.26. The fraction of sp³-hybridized carbons (Fsp3) is 0.455. The van der Waals surface area contributed by atoms with E-state index in [4.69, 9.17) is 22.1 Å². The van der Waals surface area contributed by atoms with Crippen LogP contribution in [0, 0.1) is 0 Å². The summed E-state index contributed by atoms with van der Waals surface area (Å²) < 4.78 is 31.8. The standard InChI is InChI=1S/C11H14BrClN2O3S/c1-18-10-4-8(12)11(5-9(10)13)19(16,17)15-3-2-7(14)6-15/h4-5,7H,2-3,6,14H2,1H3. The molecule has 8 heteroatoms. The summed E-state index contributed by atoms with van der Waals surface area (Å²) in [6.07, 6.45) is 0.667. The molecule has 1 unspecified atom stereocenters. The van der Waals surface area contributed by atoms with Gasteiger partial charge in [0.05, 0.1) is 17.0 Å². The van der Waals surface area contributed by atoms with Gasteiger partial charge >= 0.3 is 0 Å². The van der Waals surface area contributed by atoms with E-state index >= 15 is 0 Å². The number of rotatable bonds is 3. The second-order valence-corrected chi connectivity index (χ2v) is 7.50. The molecular weight excluding hydrogens is 356 g/mol. The zero-order valence-electron chi connectivity index (χ0n) is 10.3. The van der Waals surface area contributed by atoms with Crippen molar-refractivity contribution in [3.05, 3.63) is 21.6 Å². The number of nitrogens with zero attached hydrogens (tertiary/aromatic N) is 1. The zero-order chi connectivity index (χ0) is 14.2. The quantitative estimate of drug-likeness (QED) is 0.882. The molecule has 2 N–H and O–H groups in total. The molecule has 19 heavy (non-hydrogen) atoms. The summed E-state index contributed by atoms with van der Waals surface area (Å²) in [7, 11) is -2.11. The largest absolute Gasteiger partial charge is 0.495 e. The summed E-state index contributed by atoms with van der Waals surface area (Å²) in [5.74, 6) is 0.422. The van der Waals surface area contributed by atoms with Crippen LogP contribution in [0.1, 0.15) is 6.42 Å². The van der Waals surface area contributed by atoms with Gasteiger partial charge in [-0.1, -0.05) is 11.6 Å². The van der Waals surface area contributed by atoms with Gasteiger partial charge in [-0.3, -0.25) is 0 Å². The van der Waals surface area contributed by atoms with Crippen LogP contribution in [-0.4, -0.2) is 39.0 Å². The Labute approximate surface area is 125 Å². The lowest BCUT2D eigenvalue weighted by atomic mass is 10.3. The van der Waals surface area contributed by atoms with Crippen molar-refractivity contribution >= 4 is 37.6 Å². The summed E-state index contributed by atoms with van der Waals surface area (Å²) in [6, 6.07) is 2.83. The molecule has 1 aromatic carbocycles. The molecular formula is C11H14BrClN2O3S. The lowest BCUT2D eigenvalue weighted by molar-refractivity contribution is 0.414. The predicted octanol–water partition coefficient (Wildman–Crippen LogP) is 1.83. The number of ether oxygens (including phenoxy) is 1. The van der Waals surface area contributed by atoms with Crippen molar-refractivity contribution in [1.82, 2.24) is 4.31 Å². The van der Waals surface area contributed by atoms with E-state index in [9.17, 15) is 8.42 Å². The zero-order valence-corrected chi connectivity index (χ0v) is 13.4. The van der Waals surface area contributed by atoms with Crippen molar-refractivity contribution < 1.29 is 13.2 Å². The van der Waals surface area contributed by atoms with Gasteiger partial charge in [0.1, 0.15) is 5.75 Å². The number of nitrogens with two attached hydrogens (primary N) is 1. The average molecular weight is 370 g/mol. The van der Waals surface area contributed by atoms with Crippen LogP contribution < -0.4 is 10.5 Å². The van der Waals surface area contributed by atoms with Gasteiger partial charge in [-0.05, 0) is 34.5 Å². The van der Waals surface area contributed by atoms with Gasteiger partial charge in [-0.15, -0.1) is 0 Å². The topological polar surface area (TPSA) is 72.6 Å². The number of benzene rings is 1. The Kier molecular flexibility index (Phi) is 4.42. The Bertz CT molecular complexity index is 594. The van der Waals surface area contributed by atoms with E-state index in [-0.39, 0.29) is 16.0 Å². The van der Waals surface area contributed by atoms with E-state index in [1.807, 2.05) is 0 Å². The van der Waals surface area contributed by atoms with Crippen molar-refractivity contribution in [3.8, 4) is 5.75 Å². The molecule has 2 rings (SSSR count). The van der Waals surface area contributed by atoms with Crippen molar-refractivity contribution in [2.45, 2.75) is 17.4 Å². The first kappa shape index (κ1) is 15.1. The summed E-state index contributed by atoms with van der Waals surface area (Å²) in [5.41, 5.74) is 5.75. The Morgan fingerprint density at radius 2 is 2.21 bits per heavy atom. The lowest BCUT2D eigenvalue weighted by Crippen LogP contribution is -2.32. The van der Waals surface area contributed by atoms with E-state index in [2.05, 4.69) is 15.9 Å². The summed E-state index contributed by atoms with van der Waals surface area (Å²) in [6.45, 7) is 0.762. The van der Waals surface area contributed by atoms with E-state index in [0.717, 1.165) is 0 Å². The Morgan fingerprint density at radius 1 is 1.53 bits per heavy atom. The van der Waals surface area contributed by atoms with Crippen LogP contribution in [0.25, 0.3) is 0 Å². The van der Waals surface area contributed by atoms with Gasteiger partial charge in [0.15, 0.2) is 0 Å². The summed E-state index contributed by atoms with van der Waals surface area (Å²) in [4.78, 5) is 0.132. The monoisotopic (exact) mass is 368 g/mol. The lowest BCUT2D eigenvalue weighted by Gasteiger charge is -2.17. The SMILES string of the molecule is COc1cc(Br)c(S(=O)(=O)N2CCC(N)C2)cc1Cl. The van der Waals surface area contributed by atoms with Crippen LogP contribution in [0.3, 0.4) is 0 Å². The Hall–Kier alpha value is -0.340. The highest BCUT2D eigenvalue weighted by atomic mass is 79.9. The third kappa shape index (κ3) is 2.90. The smallest absolute Gasteiger partial charge is 0.244 e. The van der Waals surface area contributed by atoms with Crippen molar-refractivity contribution in [2.75, 3.05) is 20.2 Å². The highest BCUT2D eigenvalue weighted by Gasteiger charge is 2.32. The molecule has 0 amide bonds. The molecule has 0 radical (unpaired) electrons. The van der Waals surface area contributed by atoms with Gasteiger partial charge in [0.25, 0.3) is 0 Å². The first-order valence-electron chi connectivity index (χ1n) is 5.65. The second kappa shape index (κ2) is 5.57. The molecule has 1 saturated heterocycles. The number of hydrogen-bond acceptors (Lipinski definition) is 4. The first-order chi connectivity index (χ1) is 8.86. The van der Waals surface area contributed by atoms with Crippen LogP contribution in [0.5, 0.6) is 5.75 Å². The maximum atomic E-state index is 12.5. The number of halogens is 2. The Balaban J connectivity index is 2.44. The van der Waals surface area contributed by atoms with E-state index < -0.39 is 10.0 Å². The Morgan fingerprint density at radius 3 is 2.74 bits per heavy atom. The van der Waals surface area contributed by atoms with Gasteiger partial charge in [0, 0.05) is 23.6 Å². The second-order valence-electron chi connectivity index (χ2n) is 4.33. The molecule has 1 aliphatic heterocycles. The van der Waals surface area contributed by atoms with E-state index in [1.165, 1.54) is 17.5 Å². The highest BCUT2D eigenvalue weighted by Crippen LogP contribution is 2.35. The van der Waals surface area contributed by atoms with E-state index in [1.54, 1.807) is 6.07 Å². The third-order valence-electron chi connectivity index (χ3n) is 3.01. The molecule has 1 atom stereocenters. The maximum absolute atomic E-state index is 12.5. The fourth-order valence-corrected chi connectivity index (χ4v) is 4.80. The van der Waals surface area contributed by atoms with Crippen LogP contribution in [-0.2, 0) is 10.0 Å². The van der Waals surface area contributed by atoms with Crippen LogP contribution in [0.2, 0.25) is 5.02 Å². The molecule has 1 aliphatic rings. The van der Waals surface area contributed by atoms with Gasteiger partial charge < -0.3 is 10.5 Å². The number of sulfonamides is 1. The van der Waals surface area contributed by atoms with Gasteiger partial charge in [-0.25, -0.2) is 8.42 Å². The van der Waals surface area contributed by atoms with Crippen LogP contribution in [0.15, 0.2) is 21.5 Å². The average Bonchev–Trinajstić information content (AvgIpc) is 2.79. The maximum Gasteiger partial charge on any atom is 0.244 e. The fourth-order valence-electron chi connectivity index (χ4n) is 1.98. The van der Waals surface area contributed by atoms with Crippen molar-refractivity contribution in [3.63, 3.8) is 0 Å². The molecule has 0 bridgehead atoms. The normalized spacial score (nSPS) is 20.7. The predicted molar refractivity (Wildman–Crippen MR) is 77.1 cm³/mol. The van der Waals surface area contributed by atoms with Gasteiger partial charge in [-0.2, -0.15) is 4.31 Å². The minimum absolute atomic E-state index is 0.109. The third-order valence-corrected chi connectivity index (χ3v) is 6.13. The molecule has 0 saturated carbocycles. The summed E-state index contributed by atoms with van der Waals surface area (Å²) >= 11 is 9.23. The minimum atomic E-state index is -3.58. The molecule has 0 spiro atoms. The van der Waals surface area contributed by atoms with Crippen molar-refractivity contribution in [1.29, 1.82) is 0 Å². The summed E-state index contributed by atoms with van der Waals surface area (Å²) in [5, 5.41) is 0.257. The molecule has 1 aromatic rings. The molecule has 0 aliphatic carbocycles. The van der Waals surface area contributed by atoms with Crippen LogP contribution >= 0.6 is 27.5 Å².